The first-order chi connectivity index (χ1) is 10.5. The lowest BCUT2D eigenvalue weighted by Crippen LogP contribution is -2.32. The molecular formula is C17H17F2NO2. The molecule has 116 valence electrons. The molecule has 0 aliphatic heterocycles. The molecule has 0 saturated carbocycles. The van der Waals surface area contributed by atoms with Gasteiger partial charge in [-0.25, -0.2) is 8.78 Å². The molecule has 2 aromatic carbocycles. The molecule has 2 rings (SSSR count). The SMILES string of the molecule is CC[C@@H](Oc1cccc(C)c1)C(=O)Nc1ccc(F)c(F)c1. The zero-order valence-corrected chi connectivity index (χ0v) is 12.4. The lowest BCUT2D eigenvalue weighted by molar-refractivity contribution is -0.122. The van der Waals surface area contributed by atoms with E-state index in [0.717, 1.165) is 17.7 Å². The first-order valence-corrected chi connectivity index (χ1v) is 6.99. The van der Waals surface area contributed by atoms with Crippen LogP contribution in [0, 0.1) is 18.6 Å². The molecule has 3 nitrogen and oxygen atoms in total. The van der Waals surface area contributed by atoms with Gasteiger partial charge in [0.25, 0.3) is 5.91 Å². The van der Waals surface area contributed by atoms with Gasteiger partial charge in [0.15, 0.2) is 17.7 Å². The van der Waals surface area contributed by atoms with Gasteiger partial charge in [0.2, 0.25) is 0 Å². The normalized spacial score (nSPS) is 11.8. The van der Waals surface area contributed by atoms with Crippen LogP contribution in [0.5, 0.6) is 5.75 Å². The number of hydrogen-bond acceptors (Lipinski definition) is 2. The molecule has 0 spiro atoms. The Labute approximate surface area is 127 Å². The van der Waals surface area contributed by atoms with Crippen molar-refractivity contribution in [3.63, 3.8) is 0 Å². The lowest BCUT2D eigenvalue weighted by atomic mass is 10.2. The van der Waals surface area contributed by atoms with Crippen molar-refractivity contribution >= 4 is 11.6 Å². The van der Waals surface area contributed by atoms with Gasteiger partial charge in [-0.3, -0.25) is 4.79 Å². The number of amides is 1. The molecule has 0 aromatic heterocycles. The quantitative estimate of drug-likeness (QED) is 0.904. The number of benzene rings is 2. The van der Waals surface area contributed by atoms with Crippen molar-refractivity contribution in [1.82, 2.24) is 0 Å². The van der Waals surface area contributed by atoms with Crippen LogP contribution >= 0.6 is 0 Å². The number of halogens is 2. The highest BCUT2D eigenvalue weighted by atomic mass is 19.2. The fraction of sp³-hybridized carbons (Fsp3) is 0.235. The Bertz CT molecular complexity index is 673. The molecule has 0 aliphatic carbocycles. The summed E-state index contributed by atoms with van der Waals surface area (Å²) >= 11 is 0. The lowest BCUT2D eigenvalue weighted by Gasteiger charge is -2.17. The van der Waals surface area contributed by atoms with E-state index in [2.05, 4.69) is 5.32 Å². The molecule has 22 heavy (non-hydrogen) atoms. The first-order valence-electron chi connectivity index (χ1n) is 6.99. The molecule has 0 unspecified atom stereocenters. The Balaban J connectivity index is 2.06. The van der Waals surface area contributed by atoms with Gasteiger partial charge in [-0.05, 0) is 43.2 Å². The van der Waals surface area contributed by atoms with Crippen molar-refractivity contribution in [2.75, 3.05) is 5.32 Å². The van der Waals surface area contributed by atoms with Gasteiger partial charge in [0.1, 0.15) is 5.75 Å². The van der Waals surface area contributed by atoms with Gasteiger partial charge >= 0.3 is 0 Å². The van der Waals surface area contributed by atoms with Gasteiger partial charge in [0, 0.05) is 11.8 Å². The van der Waals surface area contributed by atoms with Gasteiger partial charge in [-0.1, -0.05) is 19.1 Å². The fourth-order valence-corrected chi connectivity index (χ4v) is 1.97. The van der Waals surface area contributed by atoms with Crippen molar-refractivity contribution in [3.8, 4) is 5.75 Å². The molecule has 0 saturated heterocycles. The Morgan fingerprint density at radius 1 is 1.18 bits per heavy atom. The van der Waals surface area contributed by atoms with Crippen molar-refractivity contribution in [2.24, 2.45) is 0 Å². The van der Waals surface area contributed by atoms with Gasteiger partial charge in [-0.15, -0.1) is 0 Å². The smallest absolute Gasteiger partial charge is 0.265 e. The zero-order valence-electron chi connectivity index (χ0n) is 12.4. The number of carbonyl (C=O) groups is 1. The van der Waals surface area contributed by atoms with Crippen LogP contribution in [0.15, 0.2) is 42.5 Å². The molecule has 2 aromatic rings. The van der Waals surface area contributed by atoms with Crippen LogP contribution < -0.4 is 10.1 Å². The highest BCUT2D eigenvalue weighted by Gasteiger charge is 2.19. The summed E-state index contributed by atoms with van der Waals surface area (Å²) in [4.78, 5) is 12.2. The molecular weight excluding hydrogens is 288 g/mol. The summed E-state index contributed by atoms with van der Waals surface area (Å²) in [7, 11) is 0. The van der Waals surface area contributed by atoms with E-state index in [-0.39, 0.29) is 5.69 Å². The Morgan fingerprint density at radius 2 is 1.95 bits per heavy atom. The van der Waals surface area contributed by atoms with E-state index in [9.17, 15) is 13.6 Å². The standard InChI is InChI=1S/C17H17F2NO2/c1-3-16(22-13-6-4-5-11(2)9-13)17(21)20-12-7-8-14(18)15(19)10-12/h4-10,16H,3H2,1-2H3,(H,20,21)/t16-/m1/s1. The summed E-state index contributed by atoms with van der Waals surface area (Å²) in [5, 5.41) is 2.53. The van der Waals surface area contributed by atoms with Crippen molar-refractivity contribution < 1.29 is 18.3 Å². The van der Waals surface area contributed by atoms with Gasteiger partial charge in [0.05, 0.1) is 0 Å². The number of ether oxygens (including phenoxy) is 1. The predicted molar refractivity (Wildman–Crippen MR) is 80.9 cm³/mol. The van der Waals surface area contributed by atoms with E-state index in [0.29, 0.717) is 12.2 Å². The van der Waals surface area contributed by atoms with Crippen LogP contribution in [0.25, 0.3) is 0 Å². The van der Waals surface area contributed by atoms with Crippen molar-refractivity contribution in [1.29, 1.82) is 0 Å². The molecule has 5 heteroatoms. The average molecular weight is 305 g/mol. The summed E-state index contributed by atoms with van der Waals surface area (Å²) in [5.74, 6) is -1.78. The Morgan fingerprint density at radius 3 is 2.59 bits per heavy atom. The highest BCUT2D eigenvalue weighted by molar-refractivity contribution is 5.94. The highest BCUT2D eigenvalue weighted by Crippen LogP contribution is 2.17. The maximum absolute atomic E-state index is 13.1. The van der Waals surface area contributed by atoms with Crippen LogP contribution in [0.1, 0.15) is 18.9 Å². The van der Waals surface area contributed by atoms with E-state index in [4.69, 9.17) is 4.74 Å². The molecule has 1 atom stereocenters. The second kappa shape index (κ2) is 7.02. The van der Waals surface area contributed by atoms with Gasteiger partial charge in [-0.2, -0.15) is 0 Å². The summed E-state index contributed by atoms with van der Waals surface area (Å²) < 4.78 is 31.7. The topological polar surface area (TPSA) is 38.3 Å². The zero-order chi connectivity index (χ0) is 16.1. The van der Waals surface area contributed by atoms with E-state index < -0.39 is 23.6 Å². The second-order valence-corrected chi connectivity index (χ2v) is 4.95. The van der Waals surface area contributed by atoms with E-state index >= 15 is 0 Å². The van der Waals surface area contributed by atoms with Crippen LogP contribution in [-0.4, -0.2) is 12.0 Å². The number of carbonyl (C=O) groups excluding carboxylic acids is 1. The third-order valence-electron chi connectivity index (χ3n) is 3.12. The molecule has 0 radical (unpaired) electrons. The minimum absolute atomic E-state index is 0.190. The molecule has 0 bridgehead atoms. The van der Waals surface area contributed by atoms with Crippen LogP contribution in [0.4, 0.5) is 14.5 Å². The second-order valence-electron chi connectivity index (χ2n) is 4.95. The number of anilines is 1. The summed E-state index contributed by atoms with van der Waals surface area (Å²) in [6, 6.07) is 10.6. The molecule has 0 heterocycles. The number of aryl methyl sites for hydroxylation is 1. The number of nitrogens with one attached hydrogen (secondary N) is 1. The Kier molecular flexibility index (Phi) is 5.09. The van der Waals surface area contributed by atoms with Crippen molar-refractivity contribution in [3.05, 3.63) is 59.7 Å². The van der Waals surface area contributed by atoms with Crippen LogP contribution in [0.2, 0.25) is 0 Å². The number of hydrogen-bond donors (Lipinski definition) is 1. The van der Waals surface area contributed by atoms with Crippen LogP contribution in [0.3, 0.4) is 0 Å². The van der Waals surface area contributed by atoms with E-state index in [1.807, 2.05) is 32.0 Å². The van der Waals surface area contributed by atoms with Crippen molar-refractivity contribution in [2.45, 2.75) is 26.4 Å². The third-order valence-corrected chi connectivity index (χ3v) is 3.12. The molecule has 1 N–H and O–H groups in total. The number of rotatable bonds is 5. The Hall–Kier alpha value is -2.43. The predicted octanol–water partition coefficient (Wildman–Crippen LogP) is 4.07. The molecule has 1 amide bonds. The fourth-order valence-electron chi connectivity index (χ4n) is 1.97. The first kappa shape index (κ1) is 15.9. The molecule has 0 aliphatic rings. The largest absolute Gasteiger partial charge is 0.481 e. The van der Waals surface area contributed by atoms with Crippen LogP contribution in [-0.2, 0) is 4.79 Å². The average Bonchev–Trinajstić information content (AvgIpc) is 2.48. The maximum Gasteiger partial charge on any atom is 0.265 e. The minimum Gasteiger partial charge on any atom is -0.481 e. The third kappa shape index (κ3) is 4.04. The summed E-state index contributed by atoms with van der Waals surface area (Å²) in [5.41, 5.74) is 1.21. The van der Waals surface area contributed by atoms with E-state index in [1.165, 1.54) is 6.07 Å². The minimum atomic E-state index is -1.01. The maximum atomic E-state index is 13.1. The monoisotopic (exact) mass is 305 g/mol. The molecule has 0 fully saturated rings. The van der Waals surface area contributed by atoms with Gasteiger partial charge < -0.3 is 10.1 Å². The summed E-state index contributed by atoms with van der Waals surface area (Å²) in [6.07, 6.45) is -0.265. The summed E-state index contributed by atoms with van der Waals surface area (Å²) in [6.45, 7) is 3.74. The van der Waals surface area contributed by atoms with E-state index in [1.54, 1.807) is 6.07 Å².